The Kier molecular flexibility index (Phi) is 6.89. The Labute approximate surface area is 204 Å². The van der Waals surface area contributed by atoms with Gasteiger partial charge in [-0.1, -0.05) is 0 Å². The summed E-state index contributed by atoms with van der Waals surface area (Å²) in [5.41, 5.74) is 3.11. The molecule has 0 atom stereocenters. The molecule has 184 valence electrons. The molecule has 1 saturated carbocycles. The van der Waals surface area contributed by atoms with Crippen LogP contribution in [0.25, 0.3) is 11.0 Å². The van der Waals surface area contributed by atoms with E-state index in [-0.39, 0.29) is 18.1 Å². The van der Waals surface area contributed by atoms with Crippen LogP contribution >= 0.6 is 0 Å². The fraction of sp³-hybridized carbons (Fsp3) is 0.480. The average Bonchev–Trinajstić information content (AvgIpc) is 2.90. The maximum absolute atomic E-state index is 12.2. The van der Waals surface area contributed by atoms with E-state index in [4.69, 9.17) is 9.47 Å². The zero-order valence-corrected chi connectivity index (χ0v) is 20.2. The Morgan fingerprint density at radius 3 is 2.60 bits per heavy atom. The molecule has 3 aromatic rings. The normalized spacial score (nSPS) is 20.5. The van der Waals surface area contributed by atoms with Crippen LogP contribution in [0.3, 0.4) is 0 Å². The molecular weight excluding hydrogens is 446 g/mol. The average molecular weight is 478 g/mol. The largest absolute Gasteiger partial charge is 0.488 e. The first-order valence-corrected chi connectivity index (χ1v) is 12.1. The molecule has 1 aromatic carbocycles. The third-order valence-corrected chi connectivity index (χ3v) is 6.48. The molecule has 1 aliphatic heterocycles. The van der Waals surface area contributed by atoms with Gasteiger partial charge in [-0.05, 0) is 37.8 Å². The predicted octanol–water partition coefficient (Wildman–Crippen LogP) is 2.76. The molecule has 2 aromatic heterocycles. The number of aromatic nitrogens is 4. The van der Waals surface area contributed by atoms with Crippen LogP contribution in [0.5, 0.6) is 5.75 Å². The van der Waals surface area contributed by atoms with Gasteiger partial charge >= 0.3 is 0 Å². The molecular formula is C25H31N7O3. The lowest BCUT2D eigenvalue weighted by Gasteiger charge is -2.31. The molecule has 0 unspecified atom stereocenters. The van der Waals surface area contributed by atoms with Gasteiger partial charge in [0.05, 0.1) is 24.8 Å². The van der Waals surface area contributed by atoms with Crippen molar-refractivity contribution in [3.05, 3.63) is 42.5 Å². The van der Waals surface area contributed by atoms with E-state index >= 15 is 0 Å². The molecule has 3 heterocycles. The number of nitrogens with one attached hydrogen (secondary N) is 1. The second kappa shape index (κ2) is 10.4. The zero-order chi connectivity index (χ0) is 24.2. The molecule has 1 N–H and O–H groups in total. The molecule has 0 bridgehead atoms. The van der Waals surface area contributed by atoms with E-state index in [1.165, 1.54) is 4.90 Å². The second-order valence-electron chi connectivity index (χ2n) is 9.17. The van der Waals surface area contributed by atoms with Crippen molar-refractivity contribution in [2.24, 2.45) is 0 Å². The Morgan fingerprint density at radius 1 is 1.06 bits per heavy atom. The highest BCUT2D eigenvalue weighted by atomic mass is 16.5. The minimum atomic E-state index is -0.137. The first kappa shape index (κ1) is 23.2. The summed E-state index contributed by atoms with van der Waals surface area (Å²) in [4.78, 5) is 33.8. The van der Waals surface area contributed by atoms with E-state index in [1.54, 1.807) is 38.8 Å². The first-order chi connectivity index (χ1) is 17.1. The molecule has 10 nitrogen and oxygen atoms in total. The summed E-state index contributed by atoms with van der Waals surface area (Å²) < 4.78 is 12.0. The van der Waals surface area contributed by atoms with Gasteiger partial charge in [-0.15, -0.1) is 0 Å². The molecule has 2 aliphatic rings. The van der Waals surface area contributed by atoms with Gasteiger partial charge in [-0.3, -0.25) is 9.78 Å². The van der Waals surface area contributed by atoms with Crippen LogP contribution in [0.1, 0.15) is 36.2 Å². The number of nitrogens with zero attached hydrogens (tertiary/aromatic N) is 6. The third kappa shape index (κ3) is 5.43. The van der Waals surface area contributed by atoms with Crippen molar-refractivity contribution in [3.8, 4) is 5.75 Å². The van der Waals surface area contributed by atoms with Crippen molar-refractivity contribution in [2.75, 3.05) is 50.6 Å². The lowest BCUT2D eigenvalue weighted by atomic mass is 9.93. The van der Waals surface area contributed by atoms with E-state index in [0.29, 0.717) is 11.6 Å². The molecule has 2 fully saturated rings. The van der Waals surface area contributed by atoms with Crippen LogP contribution in [-0.2, 0) is 4.74 Å². The van der Waals surface area contributed by atoms with Crippen LogP contribution < -0.4 is 15.0 Å². The van der Waals surface area contributed by atoms with Crippen molar-refractivity contribution in [1.82, 2.24) is 24.8 Å². The number of benzene rings is 1. The summed E-state index contributed by atoms with van der Waals surface area (Å²) in [6.07, 6.45) is 8.79. The molecule has 1 aliphatic carbocycles. The van der Waals surface area contributed by atoms with Crippen LogP contribution in [-0.4, -0.2) is 83.3 Å². The van der Waals surface area contributed by atoms with Crippen molar-refractivity contribution >= 4 is 28.6 Å². The number of hydrogen-bond acceptors (Lipinski definition) is 9. The first-order valence-electron chi connectivity index (χ1n) is 12.1. The number of hydrogen-bond donors (Lipinski definition) is 1. The van der Waals surface area contributed by atoms with Gasteiger partial charge < -0.3 is 24.6 Å². The summed E-state index contributed by atoms with van der Waals surface area (Å²) in [7, 11) is 3.43. The highest BCUT2D eigenvalue weighted by Crippen LogP contribution is 2.33. The molecule has 0 spiro atoms. The van der Waals surface area contributed by atoms with Crippen molar-refractivity contribution in [3.63, 3.8) is 0 Å². The van der Waals surface area contributed by atoms with Crippen molar-refractivity contribution < 1.29 is 14.3 Å². The Balaban J connectivity index is 1.24. The summed E-state index contributed by atoms with van der Waals surface area (Å²) in [6, 6.07) is 6.04. The lowest BCUT2D eigenvalue weighted by Crippen LogP contribution is -2.36. The molecule has 5 rings (SSSR count). The number of carbonyl (C=O) groups is 1. The quantitative estimate of drug-likeness (QED) is 0.574. The summed E-state index contributed by atoms with van der Waals surface area (Å²) in [6.45, 7) is 3.15. The van der Waals surface area contributed by atoms with E-state index in [1.807, 2.05) is 0 Å². The summed E-state index contributed by atoms with van der Waals surface area (Å²) >= 11 is 0. The van der Waals surface area contributed by atoms with Crippen molar-refractivity contribution in [2.45, 2.75) is 37.8 Å². The van der Waals surface area contributed by atoms with E-state index in [2.05, 4.69) is 42.3 Å². The van der Waals surface area contributed by atoms with Crippen molar-refractivity contribution in [1.29, 1.82) is 0 Å². The Morgan fingerprint density at radius 2 is 1.83 bits per heavy atom. The van der Waals surface area contributed by atoms with Gasteiger partial charge in [0.25, 0.3) is 5.91 Å². The third-order valence-electron chi connectivity index (χ3n) is 6.48. The zero-order valence-electron chi connectivity index (χ0n) is 20.2. The van der Waals surface area contributed by atoms with Gasteiger partial charge in [0.15, 0.2) is 0 Å². The topological polar surface area (TPSA) is 106 Å². The standard InChI is InChI=1S/C25H31N7O3/c1-31(2)24(33)20-7-8-28-25(30-20)29-17-3-5-19(6-4-17)35-22-16-18(32-11-13-34-14-12-32)15-21-23(22)27-10-9-26-21/h7-10,15-17,19H,3-6,11-14H2,1-2H3,(H,28,29,30)/t17-,19+. The number of rotatable bonds is 6. The number of morpholine rings is 1. The summed E-state index contributed by atoms with van der Waals surface area (Å²) in [5, 5.41) is 3.39. The SMILES string of the molecule is CN(C)C(=O)c1ccnc(N[C@H]2CC[C@@H](Oc3cc(N4CCOCC4)cc4nccnc34)CC2)n1. The number of fused-ring (bicyclic) bond motifs is 1. The van der Waals surface area contributed by atoms with Crippen LogP contribution in [0.4, 0.5) is 11.6 Å². The number of ether oxygens (including phenoxy) is 2. The van der Waals surface area contributed by atoms with Gasteiger partial charge in [0, 0.05) is 63.6 Å². The molecule has 1 amide bonds. The molecule has 1 saturated heterocycles. The fourth-order valence-electron chi connectivity index (χ4n) is 4.59. The van der Waals surface area contributed by atoms with Gasteiger partial charge in [0.1, 0.15) is 17.0 Å². The van der Waals surface area contributed by atoms with Crippen LogP contribution in [0.15, 0.2) is 36.8 Å². The molecule has 10 heteroatoms. The van der Waals surface area contributed by atoms with Gasteiger partial charge in [-0.25, -0.2) is 15.0 Å². The van der Waals surface area contributed by atoms with Gasteiger partial charge in [0.2, 0.25) is 5.95 Å². The number of anilines is 2. The molecule has 0 radical (unpaired) electrons. The van der Waals surface area contributed by atoms with Crippen LogP contribution in [0.2, 0.25) is 0 Å². The molecule has 35 heavy (non-hydrogen) atoms. The van der Waals surface area contributed by atoms with E-state index in [0.717, 1.165) is 74.5 Å². The van der Waals surface area contributed by atoms with Gasteiger partial charge in [-0.2, -0.15) is 0 Å². The highest BCUT2D eigenvalue weighted by Gasteiger charge is 2.25. The Bertz CT molecular complexity index is 1170. The van der Waals surface area contributed by atoms with E-state index < -0.39 is 0 Å². The number of carbonyl (C=O) groups excluding carboxylic acids is 1. The fourth-order valence-corrected chi connectivity index (χ4v) is 4.59. The smallest absolute Gasteiger partial charge is 0.272 e. The highest BCUT2D eigenvalue weighted by molar-refractivity contribution is 5.92. The maximum Gasteiger partial charge on any atom is 0.272 e. The minimum Gasteiger partial charge on any atom is -0.488 e. The monoisotopic (exact) mass is 477 g/mol. The number of amides is 1. The minimum absolute atomic E-state index is 0.0979. The Hall–Kier alpha value is -3.53. The summed E-state index contributed by atoms with van der Waals surface area (Å²) in [5.74, 6) is 1.13. The van der Waals surface area contributed by atoms with Crippen LogP contribution in [0, 0.1) is 0 Å². The lowest BCUT2D eigenvalue weighted by molar-refractivity contribution is 0.0822. The second-order valence-corrected chi connectivity index (χ2v) is 9.17. The predicted molar refractivity (Wildman–Crippen MR) is 133 cm³/mol. The van der Waals surface area contributed by atoms with E-state index in [9.17, 15) is 4.79 Å². The maximum atomic E-state index is 12.2.